The topological polar surface area (TPSA) is 66.8 Å². The summed E-state index contributed by atoms with van der Waals surface area (Å²) in [7, 11) is 0. The lowest BCUT2D eigenvalue weighted by Gasteiger charge is -2.36. The molecule has 1 aliphatic rings. The summed E-state index contributed by atoms with van der Waals surface area (Å²) in [4.78, 5) is 25.8. The second kappa shape index (κ2) is 6.92. The molecular formula is C17H23NO4. The maximum absolute atomic E-state index is 12.4. The minimum absolute atomic E-state index is 0.0280. The molecule has 1 heterocycles. The number of rotatable bonds is 4. The third-order valence-electron chi connectivity index (χ3n) is 4.20. The maximum atomic E-state index is 12.4. The highest BCUT2D eigenvalue weighted by molar-refractivity contribution is 5.82. The Hall–Kier alpha value is -1.88. The van der Waals surface area contributed by atoms with Crippen molar-refractivity contribution in [3.63, 3.8) is 0 Å². The van der Waals surface area contributed by atoms with Crippen molar-refractivity contribution in [1.29, 1.82) is 0 Å². The van der Waals surface area contributed by atoms with Crippen molar-refractivity contribution < 1.29 is 19.4 Å². The number of likely N-dealkylation sites (tertiary alicyclic amines) is 1. The van der Waals surface area contributed by atoms with Crippen molar-refractivity contribution in [2.75, 3.05) is 19.7 Å². The van der Waals surface area contributed by atoms with Gasteiger partial charge in [-0.05, 0) is 25.0 Å². The molecule has 0 atom stereocenters. The molecule has 5 heteroatoms. The fraction of sp³-hybridized carbons (Fsp3) is 0.529. The molecule has 0 aliphatic carbocycles. The van der Waals surface area contributed by atoms with Crippen molar-refractivity contribution in [2.45, 2.75) is 38.7 Å². The molecule has 2 rings (SSSR count). The minimum atomic E-state index is -1.45. The van der Waals surface area contributed by atoms with Gasteiger partial charge in [0.1, 0.15) is 0 Å². The van der Waals surface area contributed by atoms with Crippen molar-refractivity contribution in [1.82, 2.24) is 4.90 Å². The molecule has 120 valence electrons. The van der Waals surface area contributed by atoms with Crippen molar-refractivity contribution in [3.05, 3.63) is 35.4 Å². The summed E-state index contributed by atoms with van der Waals surface area (Å²) >= 11 is 0. The van der Waals surface area contributed by atoms with Gasteiger partial charge in [-0.25, -0.2) is 4.79 Å². The summed E-state index contributed by atoms with van der Waals surface area (Å²) in [5.74, 6) is -0.554. The summed E-state index contributed by atoms with van der Waals surface area (Å²) in [5, 5.41) is 10.3. The number of nitrogens with zero attached hydrogens (tertiary/aromatic N) is 1. The zero-order valence-electron chi connectivity index (χ0n) is 13.2. The molecular weight excluding hydrogens is 282 g/mol. The molecule has 1 aromatic rings. The van der Waals surface area contributed by atoms with Crippen LogP contribution in [0.15, 0.2) is 24.3 Å². The van der Waals surface area contributed by atoms with Gasteiger partial charge in [0.05, 0.1) is 13.0 Å². The van der Waals surface area contributed by atoms with Crippen LogP contribution in [0.25, 0.3) is 0 Å². The Labute approximate surface area is 130 Å². The first-order valence-electron chi connectivity index (χ1n) is 7.68. The number of benzene rings is 1. The molecule has 22 heavy (non-hydrogen) atoms. The van der Waals surface area contributed by atoms with Crippen LogP contribution < -0.4 is 0 Å². The Bertz CT molecular complexity index is 547. The zero-order valence-corrected chi connectivity index (χ0v) is 13.2. The average Bonchev–Trinajstić information content (AvgIpc) is 2.50. The first kappa shape index (κ1) is 16.5. The van der Waals surface area contributed by atoms with E-state index in [1.807, 2.05) is 31.2 Å². The van der Waals surface area contributed by atoms with Gasteiger partial charge in [-0.2, -0.15) is 0 Å². The summed E-state index contributed by atoms with van der Waals surface area (Å²) in [5.41, 5.74) is 0.657. The van der Waals surface area contributed by atoms with Gasteiger partial charge in [0, 0.05) is 25.9 Å². The van der Waals surface area contributed by atoms with E-state index in [1.54, 1.807) is 11.8 Å². The summed E-state index contributed by atoms with van der Waals surface area (Å²) in [6.45, 7) is 4.69. The van der Waals surface area contributed by atoms with E-state index >= 15 is 0 Å². The lowest BCUT2D eigenvalue weighted by atomic mass is 9.91. The molecule has 5 nitrogen and oxygen atoms in total. The maximum Gasteiger partial charge on any atom is 0.338 e. The van der Waals surface area contributed by atoms with E-state index in [-0.39, 0.29) is 25.4 Å². The average molecular weight is 305 g/mol. The Balaban J connectivity index is 1.93. The minimum Gasteiger partial charge on any atom is -0.464 e. The van der Waals surface area contributed by atoms with Crippen molar-refractivity contribution in [3.8, 4) is 0 Å². The second-order valence-corrected chi connectivity index (χ2v) is 5.74. The number of hydrogen-bond donors (Lipinski definition) is 1. The number of amides is 1. The summed E-state index contributed by atoms with van der Waals surface area (Å²) in [6, 6.07) is 7.80. The van der Waals surface area contributed by atoms with Crippen LogP contribution in [0.1, 0.15) is 30.9 Å². The molecule has 0 unspecified atom stereocenters. The Morgan fingerprint density at radius 3 is 2.50 bits per heavy atom. The van der Waals surface area contributed by atoms with Crippen LogP contribution in [0, 0.1) is 6.92 Å². The molecule has 0 radical (unpaired) electrons. The number of carbonyl (C=O) groups is 2. The summed E-state index contributed by atoms with van der Waals surface area (Å²) < 4.78 is 4.90. The van der Waals surface area contributed by atoms with E-state index in [0.29, 0.717) is 19.5 Å². The molecule has 1 fully saturated rings. The van der Waals surface area contributed by atoms with Gasteiger partial charge in [-0.1, -0.05) is 24.3 Å². The van der Waals surface area contributed by atoms with Crippen LogP contribution in [-0.2, 0) is 20.7 Å². The fourth-order valence-corrected chi connectivity index (χ4v) is 2.68. The van der Waals surface area contributed by atoms with Crippen molar-refractivity contribution in [2.24, 2.45) is 0 Å². The first-order chi connectivity index (χ1) is 10.5. The largest absolute Gasteiger partial charge is 0.464 e. The standard InChI is InChI=1S/C17H23NO4/c1-3-22-16(20)17(21)8-10-18(11-9-17)15(19)12-14-7-5-4-6-13(14)2/h4-7,21H,3,8-12H2,1-2H3. The predicted octanol–water partition coefficient (Wildman–Crippen LogP) is 1.45. The number of esters is 1. The molecule has 1 saturated heterocycles. The smallest absolute Gasteiger partial charge is 0.338 e. The second-order valence-electron chi connectivity index (χ2n) is 5.74. The fourth-order valence-electron chi connectivity index (χ4n) is 2.68. The molecule has 1 aliphatic heterocycles. The van der Waals surface area contributed by atoms with Gasteiger partial charge in [-0.15, -0.1) is 0 Å². The zero-order chi connectivity index (χ0) is 16.2. The molecule has 0 spiro atoms. The predicted molar refractivity (Wildman–Crippen MR) is 82.3 cm³/mol. The highest BCUT2D eigenvalue weighted by Crippen LogP contribution is 2.24. The Kier molecular flexibility index (Phi) is 5.19. The number of aliphatic hydroxyl groups is 1. The monoisotopic (exact) mass is 305 g/mol. The lowest BCUT2D eigenvalue weighted by Crippen LogP contribution is -2.51. The highest BCUT2D eigenvalue weighted by Gasteiger charge is 2.41. The number of aryl methyl sites for hydroxylation is 1. The molecule has 0 saturated carbocycles. The van der Waals surface area contributed by atoms with Crippen LogP contribution in [0.4, 0.5) is 0 Å². The van der Waals surface area contributed by atoms with Crippen LogP contribution >= 0.6 is 0 Å². The van der Waals surface area contributed by atoms with E-state index in [4.69, 9.17) is 4.74 Å². The third-order valence-corrected chi connectivity index (χ3v) is 4.20. The molecule has 0 aromatic heterocycles. The molecule has 0 bridgehead atoms. The third kappa shape index (κ3) is 3.65. The van der Waals surface area contributed by atoms with E-state index < -0.39 is 11.6 Å². The van der Waals surface area contributed by atoms with Crippen LogP contribution in [0.2, 0.25) is 0 Å². The number of hydrogen-bond acceptors (Lipinski definition) is 4. The number of piperidine rings is 1. The van der Waals surface area contributed by atoms with E-state index in [9.17, 15) is 14.7 Å². The Morgan fingerprint density at radius 2 is 1.91 bits per heavy atom. The van der Waals surface area contributed by atoms with E-state index in [2.05, 4.69) is 0 Å². The molecule has 1 aromatic carbocycles. The van der Waals surface area contributed by atoms with Gasteiger partial charge >= 0.3 is 5.97 Å². The molecule has 1 N–H and O–H groups in total. The van der Waals surface area contributed by atoms with E-state index in [0.717, 1.165) is 11.1 Å². The van der Waals surface area contributed by atoms with E-state index in [1.165, 1.54) is 0 Å². The lowest BCUT2D eigenvalue weighted by molar-refractivity contribution is -0.171. The van der Waals surface area contributed by atoms with Crippen LogP contribution in [-0.4, -0.2) is 47.2 Å². The van der Waals surface area contributed by atoms with Gasteiger partial charge in [0.25, 0.3) is 0 Å². The van der Waals surface area contributed by atoms with Gasteiger partial charge < -0.3 is 14.7 Å². The number of carbonyl (C=O) groups excluding carboxylic acids is 2. The number of ether oxygens (including phenoxy) is 1. The highest BCUT2D eigenvalue weighted by atomic mass is 16.5. The summed E-state index contributed by atoms with van der Waals surface area (Å²) in [6.07, 6.45) is 0.807. The normalized spacial score (nSPS) is 17.1. The molecule has 1 amide bonds. The SMILES string of the molecule is CCOC(=O)C1(O)CCN(C(=O)Cc2ccccc2C)CC1. The quantitative estimate of drug-likeness (QED) is 0.855. The van der Waals surface area contributed by atoms with Crippen LogP contribution in [0.5, 0.6) is 0 Å². The Morgan fingerprint density at radius 1 is 1.27 bits per heavy atom. The first-order valence-corrected chi connectivity index (χ1v) is 7.68. The van der Waals surface area contributed by atoms with Crippen LogP contribution in [0.3, 0.4) is 0 Å². The van der Waals surface area contributed by atoms with Crippen molar-refractivity contribution >= 4 is 11.9 Å². The van der Waals surface area contributed by atoms with Gasteiger partial charge in [-0.3, -0.25) is 4.79 Å². The van der Waals surface area contributed by atoms with Gasteiger partial charge in [0.2, 0.25) is 5.91 Å². The van der Waals surface area contributed by atoms with Gasteiger partial charge in [0.15, 0.2) is 5.60 Å².